The highest BCUT2D eigenvalue weighted by molar-refractivity contribution is 6.03. The molecule has 2 aromatic heterocycles. The summed E-state index contributed by atoms with van der Waals surface area (Å²) in [5.74, 6) is 1.50. The van der Waals surface area contributed by atoms with Crippen LogP contribution in [0.2, 0.25) is 0 Å². The molecular weight excluding hydrogens is 385 g/mol. The standard InChI is InChI=1S/C21H22FN7O/c1-12-7-19(27-13(2)26-12)28-10-14-9-23-20(17(14)11-28)21(30)16-8-15(22)3-4-18(16)29-24-5-6-25-29/h3-8,14,17,20,23H,9-11H2,1-2H3. The van der Waals surface area contributed by atoms with Crippen LogP contribution in [-0.4, -0.2) is 56.4 Å². The van der Waals surface area contributed by atoms with Crippen LogP contribution in [-0.2, 0) is 0 Å². The van der Waals surface area contributed by atoms with Gasteiger partial charge in [0, 0.05) is 42.9 Å². The van der Waals surface area contributed by atoms with Gasteiger partial charge in [0.2, 0.25) is 0 Å². The number of nitrogens with zero attached hydrogens (tertiary/aromatic N) is 6. The van der Waals surface area contributed by atoms with Crippen LogP contribution in [0.4, 0.5) is 10.2 Å². The van der Waals surface area contributed by atoms with Crippen molar-refractivity contribution in [3.8, 4) is 5.69 Å². The van der Waals surface area contributed by atoms with Gasteiger partial charge in [0.05, 0.1) is 24.1 Å². The number of rotatable bonds is 4. The Morgan fingerprint density at radius 1 is 1.13 bits per heavy atom. The van der Waals surface area contributed by atoms with Gasteiger partial charge in [-0.1, -0.05) is 0 Å². The van der Waals surface area contributed by atoms with Crippen molar-refractivity contribution < 1.29 is 9.18 Å². The highest BCUT2D eigenvalue weighted by Gasteiger charge is 2.46. The molecule has 2 aliphatic heterocycles. The molecule has 1 aromatic carbocycles. The number of halogens is 1. The number of hydrogen-bond acceptors (Lipinski definition) is 7. The summed E-state index contributed by atoms with van der Waals surface area (Å²) < 4.78 is 14.0. The zero-order chi connectivity index (χ0) is 20.8. The SMILES string of the molecule is Cc1cc(N2CC3CNC(C(=O)c4cc(F)ccc4-n4nccn4)C3C2)nc(C)n1. The lowest BCUT2D eigenvalue weighted by Crippen LogP contribution is -2.39. The van der Waals surface area contributed by atoms with E-state index in [9.17, 15) is 9.18 Å². The van der Waals surface area contributed by atoms with Gasteiger partial charge in [-0.3, -0.25) is 4.79 Å². The second-order valence-corrected chi connectivity index (χ2v) is 7.97. The van der Waals surface area contributed by atoms with Crippen molar-refractivity contribution in [3.63, 3.8) is 0 Å². The maximum Gasteiger partial charge on any atom is 0.182 e. The first-order chi connectivity index (χ1) is 14.5. The van der Waals surface area contributed by atoms with E-state index in [4.69, 9.17) is 0 Å². The minimum atomic E-state index is -0.455. The monoisotopic (exact) mass is 407 g/mol. The minimum Gasteiger partial charge on any atom is -0.356 e. The highest BCUT2D eigenvalue weighted by Crippen LogP contribution is 2.35. The van der Waals surface area contributed by atoms with Crippen LogP contribution in [0.1, 0.15) is 21.9 Å². The lowest BCUT2D eigenvalue weighted by molar-refractivity contribution is 0.0930. The third-order valence-corrected chi connectivity index (χ3v) is 5.94. The fourth-order valence-corrected chi connectivity index (χ4v) is 4.64. The van der Waals surface area contributed by atoms with Crippen molar-refractivity contribution in [2.45, 2.75) is 19.9 Å². The number of hydrogen-bond donors (Lipinski definition) is 1. The van der Waals surface area contributed by atoms with Crippen LogP contribution in [0.15, 0.2) is 36.7 Å². The minimum absolute atomic E-state index is 0.120. The van der Waals surface area contributed by atoms with Crippen LogP contribution >= 0.6 is 0 Å². The molecule has 1 N–H and O–H groups in total. The molecule has 0 amide bonds. The van der Waals surface area contributed by atoms with E-state index in [1.165, 1.54) is 29.3 Å². The predicted octanol–water partition coefficient (Wildman–Crippen LogP) is 1.72. The summed E-state index contributed by atoms with van der Waals surface area (Å²) >= 11 is 0. The average molecular weight is 407 g/mol. The number of carbonyl (C=O) groups is 1. The molecule has 0 saturated carbocycles. The Morgan fingerprint density at radius 3 is 2.70 bits per heavy atom. The number of nitrogens with one attached hydrogen (secondary N) is 1. The maximum absolute atomic E-state index is 14.0. The van der Waals surface area contributed by atoms with Crippen LogP contribution in [0.25, 0.3) is 5.69 Å². The topological polar surface area (TPSA) is 88.8 Å². The second kappa shape index (κ2) is 7.24. The van der Waals surface area contributed by atoms with Gasteiger partial charge < -0.3 is 10.2 Å². The molecule has 5 rings (SSSR count). The molecule has 2 fully saturated rings. The number of aryl methyl sites for hydroxylation is 2. The fraction of sp³-hybridized carbons (Fsp3) is 0.381. The van der Waals surface area contributed by atoms with Gasteiger partial charge in [-0.2, -0.15) is 15.0 Å². The summed E-state index contributed by atoms with van der Waals surface area (Å²) in [5, 5.41) is 11.6. The molecule has 0 bridgehead atoms. The first-order valence-corrected chi connectivity index (χ1v) is 10.0. The summed E-state index contributed by atoms with van der Waals surface area (Å²) in [6.45, 7) is 6.13. The molecule has 2 saturated heterocycles. The molecule has 9 heteroatoms. The number of aromatic nitrogens is 5. The van der Waals surface area contributed by atoms with Gasteiger partial charge in [-0.25, -0.2) is 14.4 Å². The molecule has 0 aliphatic carbocycles. The van der Waals surface area contributed by atoms with Crippen molar-refractivity contribution >= 4 is 11.6 Å². The summed E-state index contributed by atoms with van der Waals surface area (Å²) in [6.07, 6.45) is 3.06. The van der Waals surface area contributed by atoms with E-state index in [0.717, 1.165) is 30.4 Å². The Bertz CT molecular complexity index is 1080. The normalized spacial score (nSPS) is 23.0. The first kappa shape index (κ1) is 18.8. The Hall–Kier alpha value is -3.20. The number of fused-ring (bicyclic) bond motifs is 1. The van der Waals surface area contributed by atoms with Crippen molar-refractivity contribution in [3.05, 3.63) is 59.6 Å². The molecular formula is C21H22FN7O. The Labute approximate surface area is 173 Å². The number of anilines is 1. The smallest absolute Gasteiger partial charge is 0.182 e. The highest BCUT2D eigenvalue weighted by atomic mass is 19.1. The number of Topliss-reactive ketones (excluding diaryl/α,β-unsaturated/α-hetero) is 1. The quantitative estimate of drug-likeness (QED) is 0.659. The molecule has 4 heterocycles. The number of carbonyl (C=O) groups excluding carboxylic acids is 1. The molecule has 3 unspecified atom stereocenters. The Balaban J connectivity index is 1.43. The van der Waals surface area contributed by atoms with Gasteiger partial charge in [-0.15, -0.1) is 0 Å². The molecule has 3 aromatic rings. The lowest BCUT2D eigenvalue weighted by Gasteiger charge is -2.22. The van der Waals surface area contributed by atoms with Gasteiger partial charge in [0.25, 0.3) is 0 Å². The van der Waals surface area contributed by atoms with E-state index >= 15 is 0 Å². The van der Waals surface area contributed by atoms with Crippen molar-refractivity contribution in [1.82, 2.24) is 30.3 Å². The molecule has 3 atom stereocenters. The predicted molar refractivity (Wildman–Crippen MR) is 108 cm³/mol. The van der Waals surface area contributed by atoms with Crippen LogP contribution in [0, 0.1) is 31.5 Å². The van der Waals surface area contributed by atoms with Gasteiger partial charge >= 0.3 is 0 Å². The van der Waals surface area contributed by atoms with E-state index < -0.39 is 5.82 Å². The summed E-state index contributed by atoms with van der Waals surface area (Å²) in [7, 11) is 0. The van der Waals surface area contributed by atoms with E-state index in [1.54, 1.807) is 6.07 Å². The summed E-state index contributed by atoms with van der Waals surface area (Å²) in [4.78, 5) is 26.0. The Kier molecular flexibility index (Phi) is 4.54. The lowest BCUT2D eigenvalue weighted by atomic mass is 9.89. The molecule has 30 heavy (non-hydrogen) atoms. The van der Waals surface area contributed by atoms with Gasteiger partial charge in [0.15, 0.2) is 5.78 Å². The van der Waals surface area contributed by atoms with Crippen LogP contribution < -0.4 is 10.2 Å². The van der Waals surface area contributed by atoms with Crippen LogP contribution in [0.3, 0.4) is 0 Å². The third kappa shape index (κ3) is 3.24. The van der Waals surface area contributed by atoms with Crippen molar-refractivity contribution in [1.29, 1.82) is 0 Å². The summed E-state index contributed by atoms with van der Waals surface area (Å²) in [5.41, 5.74) is 1.70. The second-order valence-electron chi connectivity index (χ2n) is 7.97. The molecule has 0 radical (unpaired) electrons. The van der Waals surface area contributed by atoms with Crippen molar-refractivity contribution in [2.75, 3.05) is 24.5 Å². The third-order valence-electron chi connectivity index (χ3n) is 5.94. The molecule has 8 nitrogen and oxygen atoms in total. The average Bonchev–Trinajstić information content (AvgIpc) is 3.43. The maximum atomic E-state index is 14.0. The fourth-order valence-electron chi connectivity index (χ4n) is 4.64. The van der Waals surface area contributed by atoms with Crippen LogP contribution in [0.5, 0.6) is 0 Å². The van der Waals surface area contributed by atoms with E-state index in [0.29, 0.717) is 18.2 Å². The van der Waals surface area contributed by atoms with E-state index in [2.05, 4.69) is 30.4 Å². The summed E-state index contributed by atoms with van der Waals surface area (Å²) in [6, 6.07) is 5.73. The number of ketones is 1. The molecule has 2 aliphatic rings. The number of benzene rings is 1. The zero-order valence-corrected chi connectivity index (χ0v) is 16.8. The molecule has 154 valence electrons. The first-order valence-electron chi connectivity index (χ1n) is 10.0. The Morgan fingerprint density at radius 2 is 1.93 bits per heavy atom. The van der Waals surface area contributed by atoms with Gasteiger partial charge in [0.1, 0.15) is 17.5 Å². The van der Waals surface area contributed by atoms with Gasteiger partial charge in [-0.05, 0) is 38.0 Å². The zero-order valence-electron chi connectivity index (χ0n) is 16.8. The van der Waals surface area contributed by atoms with E-state index in [-0.39, 0.29) is 23.3 Å². The molecule has 0 spiro atoms. The van der Waals surface area contributed by atoms with E-state index in [1.807, 2.05) is 19.9 Å². The largest absolute Gasteiger partial charge is 0.356 e. The van der Waals surface area contributed by atoms with Crippen molar-refractivity contribution in [2.24, 2.45) is 11.8 Å².